The van der Waals surface area contributed by atoms with Crippen molar-refractivity contribution in [2.24, 2.45) is 0 Å². The van der Waals surface area contributed by atoms with Crippen LogP contribution in [-0.2, 0) is 0 Å². The van der Waals surface area contributed by atoms with E-state index in [4.69, 9.17) is 33.0 Å². The van der Waals surface area contributed by atoms with Gasteiger partial charge in [0, 0.05) is 6.07 Å². The van der Waals surface area contributed by atoms with E-state index >= 15 is 0 Å². The zero-order valence-electron chi connectivity index (χ0n) is 10.2. The van der Waals surface area contributed by atoms with E-state index in [-0.39, 0.29) is 32.8 Å². The fourth-order valence-electron chi connectivity index (χ4n) is 1.57. The van der Waals surface area contributed by atoms with Crippen LogP contribution in [0, 0.1) is 10.1 Å². The van der Waals surface area contributed by atoms with Gasteiger partial charge in [0.2, 0.25) is 5.75 Å². The van der Waals surface area contributed by atoms with E-state index in [2.05, 4.69) is 0 Å². The third-order valence-corrected chi connectivity index (χ3v) is 3.13. The molecule has 8 heteroatoms. The Bertz CT molecular complexity index is 732. The topological polar surface area (TPSA) is 89.7 Å². The Morgan fingerprint density at radius 3 is 2.48 bits per heavy atom. The molecule has 2 aromatic carbocycles. The third kappa shape index (κ3) is 3.24. The summed E-state index contributed by atoms with van der Waals surface area (Å²) in [6, 6.07) is 7.85. The smallest absolute Gasteiger partial charge is 0.335 e. The van der Waals surface area contributed by atoms with Gasteiger partial charge in [-0.15, -0.1) is 0 Å². The number of para-hydroxylation sites is 1. The fraction of sp³-hybridized carbons (Fsp3) is 0. The second-order valence-corrected chi connectivity index (χ2v) is 4.71. The van der Waals surface area contributed by atoms with E-state index < -0.39 is 10.9 Å². The number of rotatable bonds is 4. The van der Waals surface area contributed by atoms with Crippen molar-refractivity contribution in [3.63, 3.8) is 0 Å². The van der Waals surface area contributed by atoms with Crippen LogP contribution in [0.15, 0.2) is 36.4 Å². The number of hydrogen-bond acceptors (Lipinski definition) is 4. The zero-order valence-corrected chi connectivity index (χ0v) is 11.8. The highest BCUT2D eigenvalue weighted by Crippen LogP contribution is 2.40. The van der Waals surface area contributed by atoms with Gasteiger partial charge in [-0.25, -0.2) is 4.79 Å². The van der Waals surface area contributed by atoms with Gasteiger partial charge < -0.3 is 9.84 Å². The van der Waals surface area contributed by atoms with Crippen molar-refractivity contribution in [1.29, 1.82) is 0 Å². The molecule has 2 rings (SSSR count). The number of carbonyl (C=O) groups is 1. The minimum atomic E-state index is -1.15. The van der Waals surface area contributed by atoms with Crippen molar-refractivity contribution in [2.75, 3.05) is 0 Å². The van der Waals surface area contributed by atoms with Crippen LogP contribution in [0.4, 0.5) is 5.69 Å². The van der Waals surface area contributed by atoms with Crippen LogP contribution in [0.3, 0.4) is 0 Å². The first-order valence-electron chi connectivity index (χ1n) is 5.53. The number of ether oxygens (including phenoxy) is 1. The summed E-state index contributed by atoms with van der Waals surface area (Å²) >= 11 is 11.8. The quantitative estimate of drug-likeness (QED) is 0.664. The maximum Gasteiger partial charge on any atom is 0.335 e. The maximum atomic E-state index is 10.9. The molecular weight excluding hydrogens is 321 g/mol. The summed E-state index contributed by atoms with van der Waals surface area (Å²) in [6.45, 7) is 0. The number of nitrogens with zero attached hydrogens (tertiary/aromatic N) is 1. The summed E-state index contributed by atoms with van der Waals surface area (Å²) in [7, 11) is 0. The molecule has 0 fully saturated rings. The minimum absolute atomic E-state index is 0.00381. The van der Waals surface area contributed by atoms with Crippen LogP contribution in [0.25, 0.3) is 0 Å². The van der Waals surface area contributed by atoms with E-state index in [0.717, 1.165) is 0 Å². The number of carboxylic acid groups (broad SMARTS) is 1. The number of nitro groups is 1. The molecule has 108 valence electrons. The van der Waals surface area contributed by atoms with Crippen LogP contribution in [-0.4, -0.2) is 16.0 Å². The Morgan fingerprint density at radius 1 is 1.19 bits per heavy atom. The lowest BCUT2D eigenvalue weighted by atomic mass is 10.2. The van der Waals surface area contributed by atoms with Gasteiger partial charge in [0.05, 0.1) is 20.5 Å². The van der Waals surface area contributed by atoms with E-state index in [1.807, 2.05) is 0 Å². The van der Waals surface area contributed by atoms with Crippen LogP contribution in [0.5, 0.6) is 11.5 Å². The van der Waals surface area contributed by atoms with Crippen LogP contribution in [0.1, 0.15) is 10.4 Å². The van der Waals surface area contributed by atoms with Gasteiger partial charge >= 0.3 is 11.7 Å². The first-order chi connectivity index (χ1) is 9.90. The van der Waals surface area contributed by atoms with Gasteiger partial charge in [-0.3, -0.25) is 10.1 Å². The molecule has 0 spiro atoms. The van der Waals surface area contributed by atoms with Gasteiger partial charge in [-0.2, -0.15) is 0 Å². The summed E-state index contributed by atoms with van der Waals surface area (Å²) in [5.74, 6) is -1.24. The Hall–Kier alpha value is -2.31. The number of aromatic carboxylic acids is 1. The standard InChI is InChI=1S/C13H7Cl2NO5/c14-8-2-1-3-10(16(19)20)12(8)21-11-5-4-7(13(17)18)6-9(11)15/h1-6H,(H,17,18). The molecule has 0 bridgehead atoms. The largest absolute Gasteiger partial charge is 0.478 e. The summed E-state index contributed by atoms with van der Waals surface area (Å²) < 4.78 is 5.37. The van der Waals surface area contributed by atoms with Crippen LogP contribution < -0.4 is 4.74 Å². The summed E-state index contributed by atoms with van der Waals surface area (Å²) in [5, 5.41) is 19.8. The molecule has 0 saturated carbocycles. The van der Waals surface area contributed by atoms with Gasteiger partial charge in [-0.1, -0.05) is 29.3 Å². The lowest BCUT2D eigenvalue weighted by Crippen LogP contribution is -1.97. The van der Waals surface area contributed by atoms with Gasteiger partial charge in [0.25, 0.3) is 0 Å². The SMILES string of the molecule is O=C(O)c1ccc(Oc2c(Cl)cccc2[N+](=O)[O-])c(Cl)c1. The third-order valence-electron chi connectivity index (χ3n) is 2.53. The molecule has 0 radical (unpaired) electrons. The predicted octanol–water partition coefficient (Wildman–Crippen LogP) is 4.39. The van der Waals surface area contributed by atoms with Gasteiger partial charge in [-0.05, 0) is 24.3 Å². The fourth-order valence-corrected chi connectivity index (χ4v) is 2.00. The lowest BCUT2D eigenvalue weighted by molar-refractivity contribution is -0.385. The summed E-state index contributed by atoms with van der Waals surface area (Å²) in [4.78, 5) is 21.1. The van der Waals surface area contributed by atoms with E-state index in [0.29, 0.717) is 0 Å². The van der Waals surface area contributed by atoms with Gasteiger partial charge in [0.1, 0.15) is 5.75 Å². The first kappa shape index (κ1) is 15.1. The van der Waals surface area contributed by atoms with Gasteiger partial charge in [0.15, 0.2) is 0 Å². The second-order valence-electron chi connectivity index (χ2n) is 3.90. The number of carboxylic acids is 1. The summed E-state index contributed by atoms with van der Waals surface area (Å²) in [5.41, 5.74) is -0.345. The Morgan fingerprint density at radius 2 is 1.90 bits per heavy atom. The number of nitro benzene ring substituents is 1. The maximum absolute atomic E-state index is 10.9. The average Bonchev–Trinajstić information content (AvgIpc) is 2.42. The van der Waals surface area contributed by atoms with Crippen molar-refractivity contribution in [2.45, 2.75) is 0 Å². The molecule has 0 amide bonds. The van der Waals surface area contributed by atoms with E-state index in [1.54, 1.807) is 0 Å². The van der Waals surface area contributed by atoms with Crippen molar-refractivity contribution < 1.29 is 19.6 Å². The lowest BCUT2D eigenvalue weighted by Gasteiger charge is -2.09. The monoisotopic (exact) mass is 327 g/mol. The van der Waals surface area contributed by atoms with Crippen LogP contribution >= 0.6 is 23.2 Å². The van der Waals surface area contributed by atoms with E-state index in [1.165, 1.54) is 36.4 Å². The van der Waals surface area contributed by atoms with E-state index in [9.17, 15) is 14.9 Å². The zero-order chi connectivity index (χ0) is 15.6. The molecule has 21 heavy (non-hydrogen) atoms. The highest BCUT2D eigenvalue weighted by molar-refractivity contribution is 6.33. The van der Waals surface area contributed by atoms with Crippen molar-refractivity contribution in [3.8, 4) is 11.5 Å². The first-order valence-corrected chi connectivity index (χ1v) is 6.29. The molecule has 0 saturated heterocycles. The molecule has 0 unspecified atom stereocenters. The summed E-state index contributed by atoms with van der Waals surface area (Å²) in [6.07, 6.45) is 0. The second kappa shape index (κ2) is 5.99. The van der Waals surface area contributed by atoms with Crippen LogP contribution in [0.2, 0.25) is 10.0 Å². The molecule has 6 nitrogen and oxygen atoms in total. The Labute approximate surface area is 128 Å². The number of halogens is 2. The molecule has 0 heterocycles. The number of hydrogen-bond donors (Lipinski definition) is 1. The highest BCUT2D eigenvalue weighted by atomic mass is 35.5. The molecular formula is C13H7Cl2NO5. The molecule has 2 aromatic rings. The Kier molecular flexibility index (Phi) is 4.30. The number of benzene rings is 2. The Balaban J connectivity index is 2.44. The average molecular weight is 328 g/mol. The predicted molar refractivity (Wildman–Crippen MR) is 76.6 cm³/mol. The molecule has 0 aliphatic rings. The van der Waals surface area contributed by atoms with Crippen molar-refractivity contribution >= 4 is 34.9 Å². The molecule has 0 aliphatic heterocycles. The normalized spacial score (nSPS) is 10.2. The van der Waals surface area contributed by atoms with Crippen molar-refractivity contribution in [3.05, 3.63) is 62.1 Å². The molecule has 0 aliphatic carbocycles. The molecule has 1 N–H and O–H groups in total. The highest BCUT2D eigenvalue weighted by Gasteiger charge is 2.20. The minimum Gasteiger partial charge on any atom is -0.478 e. The molecule has 0 aromatic heterocycles. The molecule has 0 atom stereocenters. The van der Waals surface area contributed by atoms with Crippen molar-refractivity contribution in [1.82, 2.24) is 0 Å².